The van der Waals surface area contributed by atoms with Gasteiger partial charge in [0.25, 0.3) is 0 Å². The Kier molecular flexibility index (Phi) is 3.34. The van der Waals surface area contributed by atoms with E-state index in [2.05, 4.69) is 60.7 Å². The van der Waals surface area contributed by atoms with Gasteiger partial charge in [-0.2, -0.15) is 0 Å². The van der Waals surface area contributed by atoms with Crippen molar-refractivity contribution in [2.24, 2.45) is 11.3 Å². The fraction of sp³-hybridized carbons (Fsp3) is 0.320. The SMILES string of the molecule is CC(C)(C)C(=O)OC1(C2CC2)c2ccccc2-c2cccc3cccc1c23. The van der Waals surface area contributed by atoms with Gasteiger partial charge in [-0.1, -0.05) is 60.7 Å². The van der Waals surface area contributed by atoms with Gasteiger partial charge in [0.15, 0.2) is 5.60 Å². The molecule has 3 aromatic carbocycles. The molecule has 2 nitrogen and oxygen atoms in total. The molecule has 2 aliphatic rings. The molecule has 0 aliphatic heterocycles. The molecule has 3 aromatic rings. The zero-order chi connectivity index (χ0) is 18.8. The first kappa shape index (κ1) is 16.6. The normalized spacial score (nSPS) is 21.0. The number of rotatable bonds is 2. The van der Waals surface area contributed by atoms with Crippen LogP contribution < -0.4 is 0 Å². The van der Waals surface area contributed by atoms with Crippen molar-refractivity contribution < 1.29 is 9.53 Å². The van der Waals surface area contributed by atoms with Gasteiger partial charge in [-0.25, -0.2) is 0 Å². The van der Waals surface area contributed by atoms with E-state index >= 15 is 0 Å². The molecule has 0 heterocycles. The van der Waals surface area contributed by atoms with Gasteiger partial charge in [0.05, 0.1) is 5.41 Å². The summed E-state index contributed by atoms with van der Waals surface area (Å²) < 4.78 is 6.50. The molecule has 1 unspecified atom stereocenters. The largest absolute Gasteiger partial charge is 0.448 e. The predicted molar refractivity (Wildman–Crippen MR) is 108 cm³/mol. The Morgan fingerprint density at radius 3 is 2.22 bits per heavy atom. The minimum Gasteiger partial charge on any atom is -0.448 e. The molecule has 0 radical (unpaired) electrons. The topological polar surface area (TPSA) is 26.3 Å². The maximum atomic E-state index is 13.1. The third kappa shape index (κ3) is 2.29. The molecule has 5 rings (SSSR count). The lowest BCUT2D eigenvalue weighted by molar-refractivity contribution is -0.168. The average molecular weight is 356 g/mol. The van der Waals surface area contributed by atoms with Crippen molar-refractivity contribution in [3.8, 4) is 11.1 Å². The van der Waals surface area contributed by atoms with Crippen LogP contribution in [0.15, 0.2) is 60.7 Å². The molecule has 0 spiro atoms. The molecule has 2 aliphatic carbocycles. The molecule has 0 bridgehead atoms. The van der Waals surface area contributed by atoms with E-state index in [0.29, 0.717) is 5.92 Å². The summed E-state index contributed by atoms with van der Waals surface area (Å²) in [5, 5.41) is 2.43. The van der Waals surface area contributed by atoms with Crippen LogP contribution in [0.2, 0.25) is 0 Å². The van der Waals surface area contributed by atoms with Crippen molar-refractivity contribution in [2.45, 2.75) is 39.2 Å². The van der Waals surface area contributed by atoms with Crippen LogP contribution in [0.5, 0.6) is 0 Å². The highest BCUT2D eigenvalue weighted by atomic mass is 16.6. The van der Waals surface area contributed by atoms with Crippen molar-refractivity contribution in [1.82, 2.24) is 0 Å². The van der Waals surface area contributed by atoms with Crippen LogP contribution in [0.1, 0.15) is 44.7 Å². The van der Waals surface area contributed by atoms with E-state index in [4.69, 9.17) is 4.74 Å². The summed E-state index contributed by atoms with van der Waals surface area (Å²) in [5.41, 5.74) is 3.49. The first-order valence-electron chi connectivity index (χ1n) is 9.78. The Morgan fingerprint density at radius 2 is 1.52 bits per heavy atom. The summed E-state index contributed by atoms with van der Waals surface area (Å²) in [7, 11) is 0. The Labute approximate surface area is 160 Å². The number of carbonyl (C=O) groups excluding carboxylic acids is 1. The standard InChI is InChI=1S/C25H24O2/c1-24(2,3)23(26)27-25(17-14-15-17)20-12-5-4-10-18(20)19-11-6-8-16-9-7-13-21(25)22(16)19/h4-13,17H,14-15H2,1-3H3. The van der Waals surface area contributed by atoms with Crippen LogP contribution in [0.4, 0.5) is 0 Å². The Balaban J connectivity index is 1.88. The molecule has 0 amide bonds. The summed E-state index contributed by atoms with van der Waals surface area (Å²) >= 11 is 0. The van der Waals surface area contributed by atoms with Gasteiger partial charge in [-0.05, 0) is 55.5 Å². The quantitative estimate of drug-likeness (QED) is 0.521. The van der Waals surface area contributed by atoms with Gasteiger partial charge in [0.2, 0.25) is 0 Å². The Morgan fingerprint density at radius 1 is 0.889 bits per heavy atom. The lowest BCUT2D eigenvalue weighted by Gasteiger charge is -2.41. The lowest BCUT2D eigenvalue weighted by atomic mass is 9.71. The fourth-order valence-corrected chi connectivity index (χ4v) is 4.48. The number of esters is 1. The monoisotopic (exact) mass is 356 g/mol. The Bertz CT molecular complexity index is 1060. The highest BCUT2D eigenvalue weighted by molar-refractivity contribution is 6.03. The minimum absolute atomic E-state index is 0.138. The molecule has 1 atom stereocenters. The van der Waals surface area contributed by atoms with E-state index in [9.17, 15) is 4.79 Å². The summed E-state index contributed by atoms with van der Waals surface area (Å²) in [6.45, 7) is 5.79. The molecule has 1 fully saturated rings. The van der Waals surface area contributed by atoms with E-state index in [1.54, 1.807) is 0 Å². The van der Waals surface area contributed by atoms with E-state index in [-0.39, 0.29) is 5.97 Å². The zero-order valence-corrected chi connectivity index (χ0v) is 16.1. The van der Waals surface area contributed by atoms with Gasteiger partial charge >= 0.3 is 5.97 Å². The molecule has 0 saturated heterocycles. The van der Waals surface area contributed by atoms with E-state index in [0.717, 1.165) is 24.0 Å². The summed E-state index contributed by atoms with van der Waals surface area (Å²) in [4.78, 5) is 13.1. The third-order valence-corrected chi connectivity index (χ3v) is 5.94. The molecule has 27 heavy (non-hydrogen) atoms. The second kappa shape index (κ2) is 5.45. The zero-order valence-electron chi connectivity index (χ0n) is 16.1. The maximum absolute atomic E-state index is 13.1. The van der Waals surface area contributed by atoms with Crippen molar-refractivity contribution in [2.75, 3.05) is 0 Å². The van der Waals surface area contributed by atoms with Gasteiger partial charge in [-0.3, -0.25) is 4.79 Å². The lowest BCUT2D eigenvalue weighted by Crippen LogP contribution is -2.41. The summed E-state index contributed by atoms with van der Waals surface area (Å²) in [5.74, 6) is 0.199. The molecule has 0 N–H and O–H groups in total. The van der Waals surface area contributed by atoms with E-state index in [1.165, 1.54) is 21.9 Å². The second-order valence-electron chi connectivity index (χ2n) is 8.90. The first-order valence-corrected chi connectivity index (χ1v) is 9.78. The van der Waals surface area contributed by atoms with Gasteiger partial charge in [-0.15, -0.1) is 0 Å². The van der Waals surface area contributed by atoms with Crippen LogP contribution in [-0.2, 0) is 15.1 Å². The second-order valence-corrected chi connectivity index (χ2v) is 8.90. The molecular formula is C25H24O2. The van der Waals surface area contributed by atoms with Gasteiger partial charge in [0.1, 0.15) is 0 Å². The number of hydrogen-bond acceptors (Lipinski definition) is 2. The average Bonchev–Trinajstić information content (AvgIpc) is 3.49. The first-order chi connectivity index (χ1) is 12.9. The third-order valence-electron chi connectivity index (χ3n) is 5.94. The summed E-state index contributed by atoms with van der Waals surface area (Å²) in [6.07, 6.45) is 2.18. The highest BCUT2D eigenvalue weighted by Gasteiger charge is 2.55. The van der Waals surface area contributed by atoms with Crippen molar-refractivity contribution in [3.05, 3.63) is 71.8 Å². The maximum Gasteiger partial charge on any atom is 0.312 e. The van der Waals surface area contributed by atoms with Crippen LogP contribution in [0.3, 0.4) is 0 Å². The van der Waals surface area contributed by atoms with Gasteiger partial charge < -0.3 is 4.74 Å². The van der Waals surface area contributed by atoms with Crippen molar-refractivity contribution in [1.29, 1.82) is 0 Å². The number of benzene rings is 3. The van der Waals surface area contributed by atoms with E-state index in [1.807, 2.05) is 20.8 Å². The van der Waals surface area contributed by atoms with Crippen molar-refractivity contribution >= 4 is 16.7 Å². The number of hydrogen-bond donors (Lipinski definition) is 0. The number of carbonyl (C=O) groups is 1. The molecule has 2 heteroatoms. The Hall–Kier alpha value is -2.61. The molecule has 0 aromatic heterocycles. The van der Waals surface area contributed by atoms with Crippen LogP contribution in [0, 0.1) is 11.3 Å². The number of fused-ring (bicyclic) bond motifs is 2. The van der Waals surface area contributed by atoms with Crippen LogP contribution >= 0.6 is 0 Å². The highest BCUT2D eigenvalue weighted by Crippen LogP contribution is 2.59. The predicted octanol–water partition coefficient (Wildman–Crippen LogP) is 6.06. The smallest absolute Gasteiger partial charge is 0.312 e. The summed E-state index contributed by atoms with van der Waals surface area (Å²) in [6, 6.07) is 21.3. The minimum atomic E-state index is -0.686. The fourth-order valence-electron chi connectivity index (χ4n) is 4.48. The van der Waals surface area contributed by atoms with Gasteiger partial charge in [0, 0.05) is 17.0 Å². The number of ether oxygens (including phenoxy) is 1. The molecule has 136 valence electrons. The van der Waals surface area contributed by atoms with Crippen molar-refractivity contribution in [3.63, 3.8) is 0 Å². The van der Waals surface area contributed by atoms with Crippen LogP contribution in [0.25, 0.3) is 21.9 Å². The molecular weight excluding hydrogens is 332 g/mol. The van der Waals surface area contributed by atoms with E-state index < -0.39 is 11.0 Å². The molecule has 1 saturated carbocycles. The van der Waals surface area contributed by atoms with Crippen LogP contribution in [-0.4, -0.2) is 5.97 Å².